The second kappa shape index (κ2) is 8.43. The second-order valence-corrected chi connectivity index (χ2v) is 8.33. The minimum absolute atomic E-state index is 0.0338. The number of thiazole rings is 1. The maximum Gasteiger partial charge on any atom is 0.263 e. The standard InChI is InChI=1S/C19H17Cl2N5OS/c20-12-4-5-15(14(21)9-12)26-8-1-3-13(11-26)25-18(27)16-10-24-19(28-16)17-22-6-2-7-23-17/h2,4-7,9-10,13H,1,3,8,11H2,(H,25,27). The van der Waals surface area contributed by atoms with E-state index in [1.807, 2.05) is 12.1 Å². The molecule has 1 saturated heterocycles. The van der Waals surface area contributed by atoms with Gasteiger partial charge in [0.2, 0.25) is 0 Å². The van der Waals surface area contributed by atoms with E-state index < -0.39 is 0 Å². The molecule has 3 heterocycles. The molecule has 144 valence electrons. The molecule has 1 aromatic carbocycles. The summed E-state index contributed by atoms with van der Waals surface area (Å²) in [5.74, 6) is 0.390. The number of hydrogen-bond donors (Lipinski definition) is 1. The van der Waals surface area contributed by atoms with Gasteiger partial charge in [-0.2, -0.15) is 0 Å². The average Bonchev–Trinajstić information content (AvgIpc) is 3.19. The van der Waals surface area contributed by atoms with Gasteiger partial charge in [-0.25, -0.2) is 15.0 Å². The van der Waals surface area contributed by atoms with E-state index in [0.717, 1.165) is 25.1 Å². The van der Waals surface area contributed by atoms with Crippen molar-refractivity contribution in [3.63, 3.8) is 0 Å². The van der Waals surface area contributed by atoms with Crippen molar-refractivity contribution in [2.24, 2.45) is 0 Å². The van der Waals surface area contributed by atoms with E-state index in [9.17, 15) is 4.79 Å². The summed E-state index contributed by atoms with van der Waals surface area (Å²) in [5.41, 5.74) is 0.936. The van der Waals surface area contributed by atoms with E-state index in [1.54, 1.807) is 30.7 Å². The van der Waals surface area contributed by atoms with E-state index in [-0.39, 0.29) is 11.9 Å². The Labute approximate surface area is 176 Å². The van der Waals surface area contributed by atoms with Gasteiger partial charge in [-0.3, -0.25) is 4.79 Å². The molecule has 1 aliphatic heterocycles. The van der Waals surface area contributed by atoms with Crippen LogP contribution < -0.4 is 10.2 Å². The Hall–Kier alpha value is -2.22. The lowest BCUT2D eigenvalue weighted by Gasteiger charge is -2.35. The molecule has 1 amide bonds. The summed E-state index contributed by atoms with van der Waals surface area (Å²) in [6.45, 7) is 1.59. The summed E-state index contributed by atoms with van der Waals surface area (Å²) in [6, 6.07) is 7.27. The quantitative estimate of drug-likeness (QED) is 0.663. The molecule has 0 spiro atoms. The van der Waals surface area contributed by atoms with Crippen molar-refractivity contribution in [3.05, 3.63) is 57.8 Å². The SMILES string of the molecule is O=C(NC1CCCN(c2ccc(Cl)cc2Cl)C1)c1cnc(-c2ncccn2)s1. The van der Waals surface area contributed by atoms with Crippen molar-refractivity contribution in [2.45, 2.75) is 18.9 Å². The Morgan fingerprint density at radius 1 is 1.21 bits per heavy atom. The molecule has 1 atom stereocenters. The van der Waals surface area contributed by atoms with E-state index in [1.165, 1.54) is 11.3 Å². The molecule has 1 unspecified atom stereocenters. The summed E-state index contributed by atoms with van der Waals surface area (Å²) in [7, 11) is 0. The Balaban J connectivity index is 1.42. The maximum atomic E-state index is 12.7. The largest absolute Gasteiger partial charge is 0.368 e. The van der Waals surface area contributed by atoms with Crippen LogP contribution in [0.15, 0.2) is 42.9 Å². The fraction of sp³-hybridized carbons (Fsp3) is 0.263. The summed E-state index contributed by atoms with van der Waals surface area (Å²) < 4.78 is 0. The van der Waals surface area contributed by atoms with Crippen LogP contribution in [-0.4, -0.2) is 40.0 Å². The van der Waals surface area contributed by atoms with Gasteiger partial charge in [-0.1, -0.05) is 23.2 Å². The number of nitrogens with zero attached hydrogens (tertiary/aromatic N) is 4. The number of hydrogen-bond acceptors (Lipinski definition) is 6. The van der Waals surface area contributed by atoms with Crippen molar-refractivity contribution in [1.29, 1.82) is 0 Å². The van der Waals surface area contributed by atoms with Gasteiger partial charge in [0.05, 0.1) is 16.9 Å². The third-order valence-electron chi connectivity index (χ3n) is 4.49. The molecule has 0 aliphatic carbocycles. The zero-order valence-corrected chi connectivity index (χ0v) is 17.1. The molecule has 1 fully saturated rings. The van der Waals surface area contributed by atoms with Crippen LogP contribution in [0.2, 0.25) is 10.0 Å². The number of nitrogens with one attached hydrogen (secondary N) is 1. The molecule has 28 heavy (non-hydrogen) atoms. The first-order chi connectivity index (χ1) is 13.6. The zero-order valence-electron chi connectivity index (χ0n) is 14.8. The van der Waals surface area contributed by atoms with Crippen molar-refractivity contribution < 1.29 is 4.79 Å². The van der Waals surface area contributed by atoms with E-state index in [4.69, 9.17) is 23.2 Å². The molecular formula is C19H17Cl2N5OS. The molecule has 6 nitrogen and oxygen atoms in total. The smallest absolute Gasteiger partial charge is 0.263 e. The predicted octanol–water partition coefficient (Wildman–Crippen LogP) is 4.31. The lowest BCUT2D eigenvalue weighted by molar-refractivity contribution is 0.0937. The number of carbonyl (C=O) groups excluding carboxylic acids is 1. The summed E-state index contributed by atoms with van der Waals surface area (Å²) in [5, 5.41) is 4.97. The first kappa shape index (κ1) is 19.1. The van der Waals surface area contributed by atoms with Gasteiger partial charge in [0.25, 0.3) is 5.91 Å². The van der Waals surface area contributed by atoms with E-state index in [0.29, 0.717) is 32.3 Å². The first-order valence-corrected chi connectivity index (χ1v) is 10.4. The highest BCUT2D eigenvalue weighted by molar-refractivity contribution is 7.16. The Bertz CT molecular complexity index is 981. The van der Waals surface area contributed by atoms with Crippen LogP contribution >= 0.6 is 34.5 Å². The van der Waals surface area contributed by atoms with Crippen LogP contribution in [-0.2, 0) is 0 Å². The first-order valence-electron chi connectivity index (χ1n) is 8.84. The number of halogens is 2. The maximum absolute atomic E-state index is 12.7. The molecule has 3 aromatic rings. The van der Waals surface area contributed by atoms with Crippen LogP contribution in [0.3, 0.4) is 0 Å². The molecule has 2 aromatic heterocycles. The Morgan fingerprint density at radius 3 is 2.82 bits per heavy atom. The Morgan fingerprint density at radius 2 is 2.04 bits per heavy atom. The van der Waals surface area contributed by atoms with Crippen LogP contribution in [0.25, 0.3) is 10.8 Å². The van der Waals surface area contributed by atoms with Gasteiger partial charge in [-0.15, -0.1) is 11.3 Å². The minimum Gasteiger partial charge on any atom is -0.368 e. The molecule has 0 saturated carbocycles. The van der Waals surface area contributed by atoms with E-state index >= 15 is 0 Å². The molecule has 0 radical (unpaired) electrons. The number of aromatic nitrogens is 3. The van der Waals surface area contributed by atoms with Gasteiger partial charge in [0.1, 0.15) is 4.88 Å². The molecule has 1 aliphatic rings. The fourth-order valence-corrected chi connectivity index (χ4v) is 4.50. The molecule has 4 rings (SSSR count). The van der Waals surface area contributed by atoms with Gasteiger partial charge in [-0.05, 0) is 37.1 Å². The molecule has 0 bridgehead atoms. The molecular weight excluding hydrogens is 417 g/mol. The highest BCUT2D eigenvalue weighted by Gasteiger charge is 2.24. The Kier molecular flexibility index (Phi) is 5.75. The lowest BCUT2D eigenvalue weighted by Crippen LogP contribution is -2.47. The summed E-state index contributed by atoms with van der Waals surface area (Å²) >= 11 is 13.6. The molecule has 9 heteroatoms. The third kappa shape index (κ3) is 4.27. The van der Waals surface area contributed by atoms with Crippen LogP contribution in [0.4, 0.5) is 5.69 Å². The highest BCUT2D eigenvalue weighted by atomic mass is 35.5. The second-order valence-electron chi connectivity index (χ2n) is 6.46. The van der Waals surface area contributed by atoms with Gasteiger partial charge in [0.15, 0.2) is 10.8 Å². The number of amides is 1. The van der Waals surface area contributed by atoms with E-state index in [2.05, 4.69) is 25.2 Å². The normalized spacial score (nSPS) is 16.8. The topological polar surface area (TPSA) is 71.0 Å². The summed E-state index contributed by atoms with van der Waals surface area (Å²) in [4.78, 5) is 28.0. The number of piperidine rings is 1. The van der Waals surface area contributed by atoms with Crippen LogP contribution in [0.5, 0.6) is 0 Å². The van der Waals surface area contributed by atoms with Gasteiger partial charge < -0.3 is 10.2 Å². The fourth-order valence-electron chi connectivity index (χ4n) is 3.20. The third-order valence-corrected chi connectivity index (χ3v) is 6.02. The monoisotopic (exact) mass is 433 g/mol. The molecule has 1 N–H and O–H groups in total. The van der Waals surface area contributed by atoms with Crippen molar-refractivity contribution in [2.75, 3.05) is 18.0 Å². The van der Waals surface area contributed by atoms with Crippen molar-refractivity contribution in [1.82, 2.24) is 20.3 Å². The predicted molar refractivity (Wildman–Crippen MR) is 112 cm³/mol. The van der Waals surface area contributed by atoms with Gasteiger partial charge in [0, 0.05) is 36.5 Å². The van der Waals surface area contributed by atoms with Gasteiger partial charge >= 0.3 is 0 Å². The summed E-state index contributed by atoms with van der Waals surface area (Å²) in [6.07, 6.45) is 6.77. The highest BCUT2D eigenvalue weighted by Crippen LogP contribution is 2.31. The lowest BCUT2D eigenvalue weighted by atomic mass is 10.0. The zero-order chi connectivity index (χ0) is 19.5. The van der Waals surface area contributed by atoms with Crippen molar-refractivity contribution >= 4 is 46.1 Å². The van der Waals surface area contributed by atoms with Crippen LogP contribution in [0.1, 0.15) is 22.5 Å². The average molecular weight is 434 g/mol. The number of benzene rings is 1. The number of anilines is 1. The number of carbonyl (C=O) groups is 1. The van der Waals surface area contributed by atoms with Crippen LogP contribution in [0, 0.1) is 0 Å². The minimum atomic E-state index is -0.131. The van der Waals surface area contributed by atoms with Crippen molar-refractivity contribution in [3.8, 4) is 10.8 Å². The number of rotatable bonds is 4.